The van der Waals surface area contributed by atoms with E-state index in [1.807, 2.05) is 0 Å². The second-order valence-corrected chi connectivity index (χ2v) is 15.2. The van der Waals surface area contributed by atoms with E-state index in [2.05, 4.69) is 55.4 Å². The molecule has 0 bridgehead atoms. The summed E-state index contributed by atoms with van der Waals surface area (Å²) in [5, 5.41) is 22.5. The minimum Gasteiger partial charge on any atom is -0.392 e. The van der Waals surface area contributed by atoms with Crippen LogP contribution >= 0.6 is 0 Å². The van der Waals surface area contributed by atoms with Gasteiger partial charge in [-0.3, -0.25) is 0 Å². The summed E-state index contributed by atoms with van der Waals surface area (Å²) < 4.78 is 0. The Morgan fingerprint density at radius 2 is 1.34 bits per heavy atom. The third-order valence-electron chi connectivity index (χ3n) is 14.1. The van der Waals surface area contributed by atoms with Crippen LogP contribution in [-0.2, 0) is 0 Å². The van der Waals surface area contributed by atoms with Crippen LogP contribution in [0, 0.1) is 62.6 Å². The van der Waals surface area contributed by atoms with Gasteiger partial charge in [0.1, 0.15) is 0 Å². The maximum atomic E-state index is 11.5. The van der Waals surface area contributed by atoms with Gasteiger partial charge in [-0.2, -0.15) is 0 Å². The molecule has 5 saturated carbocycles. The Hall–Kier alpha value is -0.0800. The van der Waals surface area contributed by atoms with Crippen LogP contribution in [0.3, 0.4) is 0 Å². The molecule has 5 rings (SSSR count). The highest BCUT2D eigenvalue weighted by Crippen LogP contribution is 2.76. The Balaban J connectivity index is 1.56. The summed E-state index contributed by atoms with van der Waals surface area (Å²) in [7, 11) is 0. The standard InChI is InChI=1S/C30H52O2/c1-18-11-13-27(5)15-16-28(6)20(25(27)19(18)2)9-10-22-29(28,7)14-12-21-26(3,4)23(31)17-24(32)30(21,22)8/h18-25,31-32H,9-17H2,1-8H3/t18-,19+,20-,21+,22+,23?,24?,25+,27-,28-,29-,30+/m1/s1. The summed E-state index contributed by atoms with van der Waals surface area (Å²) in [5.41, 5.74) is 1.03. The molecule has 0 heterocycles. The van der Waals surface area contributed by atoms with Gasteiger partial charge in [0, 0.05) is 11.8 Å². The highest BCUT2D eigenvalue weighted by Gasteiger charge is 2.71. The van der Waals surface area contributed by atoms with Gasteiger partial charge in [0.2, 0.25) is 0 Å². The lowest BCUT2D eigenvalue weighted by atomic mass is 9.31. The monoisotopic (exact) mass is 444 g/mol. The van der Waals surface area contributed by atoms with E-state index in [-0.39, 0.29) is 23.0 Å². The molecule has 2 heteroatoms. The van der Waals surface area contributed by atoms with Crippen molar-refractivity contribution in [2.75, 3.05) is 0 Å². The van der Waals surface area contributed by atoms with Gasteiger partial charge in [0.25, 0.3) is 0 Å². The van der Waals surface area contributed by atoms with Crippen LogP contribution in [0.1, 0.15) is 113 Å². The number of hydrogen-bond donors (Lipinski definition) is 2. The topological polar surface area (TPSA) is 40.5 Å². The average molecular weight is 445 g/mol. The lowest BCUT2D eigenvalue weighted by Crippen LogP contribution is -2.70. The van der Waals surface area contributed by atoms with Crippen molar-refractivity contribution in [2.24, 2.45) is 62.6 Å². The molecule has 184 valence electrons. The summed E-state index contributed by atoms with van der Waals surface area (Å²) in [6, 6.07) is 0. The van der Waals surface area contributed by atoms with E-state index in [0.717, 1.165) is 23.7 Å². The third-order valence-corrected chi connectivity index (χ3v) is 14.1. The summed E-state index contributed by atoms with van der Waals surface area (Å²) in [5.74, 6) is 4.37. The Labute approximate surface area is 198 Å². The minimum absolute atomic E-state index is 0.0735. The minimum atomic E-state index is -0.383. The van der Waals surface area contributed by atoms with Gasteiger partial charge >= 0.3 is 0 Å². The second-order valence-electron chi connectivity index (χ2n) is 15.2. The molecule has 12 atom stereocenters. The fourth-order valence-corrected chi connectivity index (χ4v) is 11.6. The van der Waals surface area contributed by atoms with Crippen LogP contribution in [0.15, 0.2) is 0 Å². The van der Waals surface area contributed by atoms with E-state index in [1.54, 1.807) is 0 Å². The van der Waals surface area contributed by atoms with E-state index >= 15 is 0 Å². The first-order valence-corrected chi connectivity index (χ1v) is 14.1. The predicted molar refractivity (Wildman–Crippen MR) is 132 cm³/mol. The van der Waals surface area contributed by atoms with Crippen molar-refractivity contribution in [3.63, 3.8) is 0 Å². The molecule has 0 aromatic carbocycles. The van der Waals surface area contributed by atoms with Gasteiger partial charge in [-0.1, -0.05) is 55.4 Å². The van der Waals surface area contributed by atoms with Crippen molar-refractivity contribution in [1.82, 2.24) is 0 Å². The summed E-state index contributed by atoms with van der Waals surface area (Å²) >= 11 is 0. The van der Waals surface area contributed by atoms with E-state index < -0.39 is 0 Å². The summed E-state index contributed by atoms with van der Waals surface area (Å²) in [6.45, 7) is 20.1. The maximum Gasteiger partial charge on any atom is 0.0624 e. The van der Waals surface area contributed by atoms with E-state index in [9.17, 15) is 10.2 Å². The molecular formula is C30H52O2. The van der Waals surface area contributed by atoms with E-state index in [1.165, 1.54) is 51.4 Å². The van der Waals surface area contributed by atoms with Crippen molar-refractivity contribution >= 4 is 0 Å². The summed E-state index contributed by atoms with van der Waals surface area (Å²) in [4.78, 5) is 0. The van der Waals surface area contributed by atoms with Crippen molar-refractivity contribution in [2.45, 2.75) is 125 Å². The Bertz CT molecular complexity index is 760. The molecule has 5 aliphatic carbocycles. The number of aliphatic hydroxyl groups excluding tert-OH is 2. The second kappa shape index (κ2) is 6.99. The first kappa shape index (κ1) is 23.7. The van der Waals surface area contributed by atoms with E-state index in [4.69, 9.17) is 0 Å². The molecule has 2 unspecified atom stereocenters. The van der Waals surface area contributed by atoms with Gasteiger partial charge in [-0.15, -0.1) is 0 Å². The largest absolute Gasteiger partial charge is 0.392 e. The van der Waals surface area contributed by atoms with Crippen LogP contribution in [-0.4, -0.2) is 22.4 Å². The quantitative estimate of drug-likeness (QED) is 0.419. The van der Waals surface area contributed by atoms with Crippen LogP contribution in [0.2, 0.25) is 0 Å². The van der Waals surface area contributed by atoms with Gasteiger partial charge in [-0.05, 0) is 109 Å². The molecule has 0 spiro atoms. The van der Waals surface area contributed by atoms with Gasteiger partial charge in [-0.25, -0.2) is 0 Å². The molecular weight excluding hydrogens is 392 g/mol. The molecule has 0 aliphatic heterocycles. The van der Waals surface area contributed by atoms with Gasteiger partial charge in [0.15, 0.2) is 0 Å². The number of rotatable bonds is 0. The first-order valence-electron chi connectivity index (χ1n) is 14.1. The molecule has 0 aromatic heterocycles. The van der Waals surface area contributed by atoms with Crippen molar-refractivity contribution in [1.29, 1.82) is 0 Å². The maximum absolute atomic E-state index is 11.5. The molecule has 0 saturated heterocycles. The van der Waals surface area contributed by atoms with Crippen LogP contribution in [0.5, 0.6) is 0 Å². The Morgan fingerprint density at radius 3 is 2.03 bits per heavy atom. The molecule has 5 fully saturated rings. The fourth-order valence-electron chi connectivity index (χ4n) is 11.6. The molecule has 5 aliphatic rings. The molecule has 32 heavy (non-hydrogen) atoms. The first-order chi connectivity index (χ1) is 14.7. The van der Waals surface area contributed by atoms with Crippen molar-refractivity contribution < 1.29 is 10.2 Å². The van der Waals surface area contributed by atoms with Gasteiger partial charge < -0.3 is 10.2 Å². The smallest absolute Gasteiger partial charge is 0.0624 e. The van der Waals surface area contributed by atoms with E-state index in [0.29, 0.717) is 34.5 Å². The number of fused-ring (bicyclic) bond motifs is 7. The number of aliphatic hydroxyl groups is 2. The van der Waals surface area contributed by atoms with Crippen LogP contribution in [0.4, 0.5) is 0 Å². The lowest BCUT2D eigenvalue weighted by molar-refractivity contribution is -0.279. The van der Waals surface area contributed by atoms with Crippen LogP contribution < -0.4 is 0 Å². The normalized spacial score (nSPS) is 61.7. The third kappa shape index (κ3) is 2.66. The number of hydrogen-bond acceptors (Lipinski definition) is 2. The predicted octanol–water partition coefficient (Wildman–Crippen LogP) is 7.08. The highest BCUT2D eigenvalue weighted by atomic mass is 16.3. The SMILES string of the molecule is C[C@@H]1[C@H]2[C@H]3CC[C@@H]4[C@@]5(C)C(O)CC(O)C(C)(C)[C@@H]5CC[C@@]4(C)[C@]3(C)CC[C@@]2(C)CC[C@H]1C. The van der Waals surface area contributed by atoms with Crippen LogP contribution in [0.25, 0.3) is 0 Å². The zero-order valence-electron chi connectivity index (χ0n) is 22.4. The summed E-state index contributed by atoms with van der Waals surface area (Å²) in [6.07, 6.45) is 10.5. The van der Waals surface area contributed by atoms with Crippen molar-refractivity contribution in [3.8, 4) is 0 Å². The molecule has 0 radical (unpaired) electrons. The fraction of sp³-hybridized carbons (Fsp3) is 1.00. The lowest BCUT2D eigenvalue weighted by Gasteiger charge is -2.74. The molecule has 0 aromatic rings. The highest BCUT2D eigenvalue weighted by molar-refractivity contribution is 5.20. The van der Waals surface area contributed by atoms with Crippen molar-refractivity contribution in [3.05, 3.63) is 0 Å². The Morgan fingerprint density at radius 1 is 0.656 bits per heavy atom. The zero-order valence-corrected chi connectivity index (χ0v) is 22.4. The zero-order chi connectivity index (χ0) is 23.5. The Kier molecular flexibility index (Phi) is 5.17. The molecule has 0 amide bonds. The molecule has 2 nitrogen and oxygen atoms in total. The average Bonchev–Trinajstić information content (AvgIpc) is 2.71. The molecule has 2 N–H and O–H groups in total. The van der Waals surface area contributed by atoms with Gasteiger partial charge in [0.05, 0.1) is 12.2 Å².